The van der Waals surface area contributed by atoms with Gasteiger partial charge in [-0.25, -0.2) is 0 Å². The number of para-hydroxylation sites is 2. The molecule has 0 saturated heterocycles. The molecule has 0 aliphatic heterocycles. The summed E-state index contributed by atoms with van der Waals surface area (Å²) in [5.41, 5.74) is 24.2. The molecule has 0 radical (unpaired) electrons. The minimum atomic E-state index is -0.697. The van der Waals surface area contributed by atoms with Gasteiger partial charge in [0.2, 0.25) is 0 Å². The van der Waals surface area contributed by atoms with Crippen LogP contribution >= 0.6 is 0 Å². The van der Waals surface area contributed by atoms with Crippen LogP contribution in [0.3, 0.4) is 0 Å². The van der Waals surface area contributed by atoms with E-state index in [4.69, 9.17) is 0 Å². The Morgan fingerprint density at radius 1 is 0.247 bits per heavy atom. The second kappa shape index (κ2) is 17.6. The quantitative estimate of drug-likeness (QED) is 0.140. The maximum absolute atomic E-state index is 2.48. The fraction of sp³-hybridized carbons (Fsp3) is 0.0886. The second-order valence-electron chi connectivity index (χ2n) is 23.5. The first-order chi connectivity index (χ1) is 39.7. The highest BCUT2D eigenvalue weighted by Gasteiger charge is 2.49. The summed E-state index contributed by atoms with van der Waals surface area (Å²) >= 11 is 0. The van der Waals surface area contributed by atoms with E-state index < -0.39 is 5.41 Å². The molecule has 0 fully saturated rings. The van der Waals surface area contributed by atoms with Gasteiger partial charge >= 0.3 is 0 Å². The molecule has 0 bridgehead atoms. The number of nitrogens with zero attached hydrogens (tertiary/aromatic N) is 2. The van der Waals surface area contributed by atoms with Crippen LogP contribution in [0.5, 0.6) is 0 Å². The van der Waals surface area contributed by atoms with E-state index in [2.05, 4.69) is 317 Å². The summed E-state index contributed by atoms with van der Waals surface area (Å²) in [5, 5.41) is 7.40. The van der Waals surface area contributed by atoms with Crippen LogP contribution in [0, 0.1) is 0 Å². The number of rotatable bonds is 8. The Bertz CT molecular complexity index is 4650. The average molecular weight is 1040 g/mol. The third-order valence-corrected chi connectivity index (χ3v) is 18.6. The Morgan fingerprint density at radius 3 is 1.20 bits per heavy atom. The van der Waals surface area contributed by atoms with Gasteiger partial charge in [0.15, 0.2) is 0 Å². The van der Waals surface area contributed by atoms with E-state index in [0.717, 1.165) is 34.1 Å². The molecule has 0 amide bonds. The molecule has 13 aromatic rings. The number of anilines is 6. The van der Waals surface area contributed by atoms with Crippen LogP contribution in [0.15, 0.2) is 279 Å². The van der Waals surface area contributed by atoms with Crippen molar-refractivity contribution in [2.45, 2.75) is 43.9 Å². The van der Waals surface area contributed by atoms with Crippen molar-refractivity contribution in [3.05, 3.63) is 324 Å². The summed E-state index contributed by atoms with van der Waals surface area (Å²) < 4.78 is 0. The van der Waals surface area contributed by atoms with Crippen molar-refractivity contribution >= 4 is 66.4 Å². The monoisotopic (exact) mass is 1030 g/mol. The van der Waals surface area contributed by atoms with E-state index in [1.54, 1.807) is 0 Å². The highest BCUT2D eigenvalue weighted by atomic mass is 15.1. The first-order valence-electron chi connectivity index (χ1n) is 28.6. The lowest BCUT2D eigenvalue weighted by Crippen LogP contribution is -2.29. The van der Waals surface area contributed by atoms with Crippen LogP contribution in [0.2, 0.25) is 0 Å². The van der Waals surface area contributed by atoms with Gasteiger partial charge in [-0.05, 0) is 183 Å². The predicted molar refractivity (Wildman–Crippen MR) is 341 cm³/mol. The third kappa shape index (κ3) is 6.74. The molecule has 2 heteroatoms. The Morgan fingerprint density at radius 2 is 0.654 bits per heavy atom. The Kier molecular flexibility index (Phi) is 10.3. The van der Waals surface area contributed by atoms with Crippen molar-refractivity contribution in [2.24, 2.45) is 0 Å². The molecule has 0 atom stereocenters. The van der Waals surface area contributed by atoms with Crippen molar-refractivity contribution in [3.8, 4) is 33.4 Å². The lowest BCUT2D eigenvalue weighted by Gasteiger charge is -2.36. The summed E-state index contributed by atoms with van der Waals surface area (Å²) in [7, 11) is 0. The molecular formula is C79H58N2. The van der Waals surface area contributed by atoms with Gasteiger partial charge < -0.3 is 9.80 Å². The van der Waals surface area contributed by atoms with Crippen LogP contribution in [0.1, 0.15) is 72.2 Å². The molecule has 2 nitrogen and oxygen atoms in total. The lowest BCUT2D eigenvalue weighted by atomic mass is 9.65. The zero-order valence-corrected chi connectivity index (χ0v) is 46.0. The van der Waals surface area contributed by atoms with Crippen LogP contribution in [0.4, 0.5) is 34.1 Å². The zero-order valence-electron chi connectivity index (χ0n) is 46.0. The average Bonchev–Trinajstić information content (AvgIpc) is 3.68. The molecule has 0 unspecified atom stereocenters. The maximum atomic E-state index is 2.48. The Balaban J connectivity index is 0.932. The minimum absolute atomic E-state index is 0.133. The Hall–Kier alpha value is -9.76. The standard InChI is InChI=1S/C79H58N2/c1-77(2)70-35-21-19-32-62(70)64-44-39-58(49-72(64)77)80(54-27-13-7-14-28-54)56-38-43-60-51(47-56)37-42-68-74-66-34-18-17-31-61(66)69-48-57(41-46-67(69)76(74)79(75(60)68,52-23-9-5-10-24-52)53-25-11-6-12-26-53)81(55-29-15-8-16-30-55)59-40-45-65-63-33-20-22-36-71(63)78(3,4)73(65)50-59/h5-50H,1-4H3. The number of fused-ring (bicyclic) bond motifs is 16. The highest BCUT2D eigenvalue weighted by molar-refractivity contribution is 6.21. The van der Waals surface area contributed by atoms with Gasteiger partial charge in [-0.1, -0.05) is 234 Å². The minimum Gasteiger partial charge on any atom is -0.310 e. The van der Waals surface area contributed by atoms with Crippen LogP contribution < -0.4 is 9.80 Å². The van der Waals surface area contributed by atoms with Gasteiger partial charge in [0.05, 0.1) is 5.41 Å². The predicted octanol–water partition coefficient (Wildman–Crippen LogP) is 21.1. The van der Waals surface area contributed by atoms with Gasteiger partial charge in [0.1, 0.15) is 0 Å². The maximum Gasteiger partial charge on any atom is 0.0725 e. The van der Waals surface area contributed by atoms with Crippen molar-refractivity contribution < 1.29 is 0 Å². The molecule has 0 N–H and O–H groups in total. The van der Waals surface area contributed by atoms with Gasteiger partial charge in [0.25, 0.3) is 0 Å². The highest BCUT2D eigenvalue weighted by Crippen LogP contribution is 2.63. The fourth-order valence-electron chi connectivity index (χ4n) is 15.0. The van der Waals surface area contributed by atoms with E-state index in [0.29, 0.717) is 0 Å². The van der Waals surface area contributed by atoms with E-state index in [-0.39, 0.29) is 10.8 Å². The van der Waals surface area contributed by atoms with Gasteiger partial charge in [0, 0.05) is 45.0 Å². The number of benzene rings is 13. The van der Waals surface area contributed by atoms with E-state index in [1.807, 2.05) is 0 Å². The lowest BCUT2D eigenvalue weighted by molar-refractivity contribution is 0.660. The second-order valence-corrected chi connectivity index (χ2v) is 23.5. The summed E-state index contributed by atoms with van der Waals surface area (Å²) in [6, 6.07) is 105. The third-order valence-electron chi connectivity index (χ3n) is 18.6. The van der Waals surface area contributed by atoms with Crippen molar-refractivity contribution in [1.82, 2.24) is 0 Å². The summed E-state index contributed by atoms with van der Waals surface area (Å²) in [6.07, 6.45) is 0. The van der Waals surface area contributed by atoms with Gasteiger partial charge in [-0.3, -0.25) is 0 Å². The van der Waals surface area contributed by atoms with Gasteiger partial charge in [-0.15, -0.1) is 0 Å². The van der Waals surface area contributed by atoms with Crippen LogP contribution in [-0.4, -0.2) is 0 Å². The molecule has 81 heavy (non-hydrogen) atoms. The van der Waals surface area contributed by atoms with Crippen molar-refractivity contribution in [3.63, 3.8) is 0 Å². The fourth-order valence-corrected chi connectivity index (χ4v) is 15.0. The molecule has 0 aromatic heterocycles. The molecular weight excluding hydrogens is 977 g/mol. The largest absolute Gasteiger partial charge is 0.310 e. The first-order valence-corrected chi connectivity index (χ1v) is 28.6. The van der Waals surface area contributed by atoms with E-state index >= 15 is 0 Å². The van der Waals surface area contributed by atoms with Gasteiger partial charge in [-0.2, -0.15) is 0 Å². The number of hydrogen-bond donors (Lipinski definition) is 0. The van der Waals surface area contributed by atoms with E-state index in [9.17, 15) is 0 Å². The molecule has 16 rings (SSSR count). The van der Waals surface area contributed by atoms with Crippen molar-refractivity contribution in [1.29, 1.82) is 0 Å². The zero-order chi connectivity index (χ0) is 54.2. The molecule has 0 heterocycles. The molecule has 0 saturated carbocycles. The molecule has 384 valence electrons. The van der Waals surface area contributed by atoms with Crippen LogP contribution in [-0.2, 0) is 16.2 Å². The normalized spacial score (nSPS) is 14.5. The van der Waals surface area contributed by atoms with Crippen molar-refractivity contribution in [2.75, 3.05) is 9.80 Å². The first kappa shape index (κ1) is 47.3. The Labute approximate surface area is 474 Å². The summed E-state index contributed by atoms with van der Waals surface area (Å²) in [6.45, 7) is 9.48. The summed E-state index contributed by atoms with van der Waals surface area (Å²) in [4.78, 5) is 4.91. The SMILES string of the molecule is CC1(C)c2ccccc2-c2ccc(N(c3ccccc3)c3ccc4c5c(ccc4c3)-c3c(c4ccc(N(c6ccccc6)c6ccc7c(c6)C(C)(C)c6ccccc6-7)cc4c4ccccc34)C5(c3ccccc3)c3ccccc3)cc21. The van der Waals surface area contributed by atoms with E-state index in [1.165, 1.54) is 110 Å². The molecule has 3 aliphatic rings. The molecule has 13 aromatic carbocycles. The molecule has 3 aliphatic carbocycles. The smallest absolute Gasteiger partial charge is 0.0725 e. The topological polar surface area (TPSA) is 6.48 Å². The number of hydrogen-bond acceptors (Lipinski definition) is 2. The molecule has 0 spiro atoms. The summed E-state index contributed by atoms with van der Waals surface area (Å²) in [5.74, 6) is 0. The van der Waals surface area contributed by atoms with Crippen LogP contribution in [0.25, 0.3) is 65.7 Å².